The Morgan fingerprint density at radius 2 is 2.15 bits per heavy atom. The van der Waals surface area contributed by atoms with Gasteiger partial charge in [0.1, 0.15) is 22.7 Å². The van der Waals surface area contributed by atoms with Crippen LogP contribution in [0, 0.1) is 6.92 Å². The lowest BCUT2D eigenvalue weighted by molar-refractivity contribution is 0.0984. The van der Waals surface area contributed by atoms with Crippen LogP contribution in [-0.4, -0.2) is 36.4 Å². The van der Waals surface area contributed by atoms with E-state index in [1.807, 2.05) is 31.3 Å². The number of imidazole rings is 1. The Hall–Kier alpha value is -3.42. The summed E-state index contributed by atoms with van der Waals surface area (Å²) >= 11 is 0. The number of ketones is 1. The van der Waals surface area contributed by atoms with Gasteiger partial charge in [0.2, 0.25) is 5.95 Å². The van der Waals surface area contributed by atoms with E-state index in [0.29, 0.717) is 41.3 Å². The third kappa shape index (κ3) is 2.99. The van der Waals surface area contributed by atoms with Crippen molar-refractivity contribution in [1.82, 2.24) is 24.4 Å². The topological polar surface area (TPSA) is 77.4 Å². The average molecular weight is 364 g/mol. The van der Waals surface area contributed by atoms with Gasteiger partial charge in [0.25, 0.3) is 0 Å². The molecule has 0 spiro atoms. The van der Waals surface area contributed by atoms with Crippen LogP contribution in [0.2, 0.25) is 0 Å². The van der Waals surface area contributed by atoms with Gasteiger partial charge in [-0.15, -0.1) is 5.10 Å². The standard InChI is InChI=1S/C19H17FN6O/c1-3-16(27)14-11-25-10-13(7-8-17(25)22-14)18-12(2)26(24-23-18)15-6-4-5-9-21-19(15)20/h4-5,7-11H,3,6H2,1-2H3. The number of carbonyl (C=O) groups excluding carboxylic acids is 1. The minimum atomic E-state index is -0.577. The maximum Gasteiger partial charge on any atom is 0.234 e. The SMILES string of the molecule is CCC(=O)c1cn2cc(-c3nnn(C4=C(F)N=CC=CC4)c3C)ccc2n1. The van der Waals surface area contributed by atoms with Gasteiger partial charge in [-0.05, 0) is 25.1 Å². The zero-order valence-corrected chi connectivity index (χ0v) is 14.9. The third-order valence-corrected chi connectivity index (χ3v) is 4.44. The molecular weight excluding hydrogens is 347 g/mol. The van der Waals surface area contributed by atoms with Gasteiger partial charge in [-0.25, -0.2) is 14.7 Å². The number of hydrogen-bond donors (Lipinski definition) is 0. The van der Waals surface area contributed by atoms with Gasteiger partial charge in [0.05, 0.1) is 5.69 Å². The molecule has 136 valence electrons. The van der Waals surface area contributed by atoms with Crippen molar-refractivity contribution in [3.05, 3.63) is 54.0 Å². The fraction of sp³-hybridized carbons (Fsp3) is 0.211. The number of Topliss-reactive ketones (excluding diaryl/α,β-unsaturated/α-hetero) is 1. The van der Waals surface area contributed by atoms with Gasteiger partial charge >= 0.3 is 0 Å². The average Bonchev–Trinajstić information content (AvgIpc) is 3.20. The number of halogens is 1. The van der Waals surface area contributed by atoms with Crippen LogP contribution >= 0.6 is 0 Å². The van der Waals surface area contributed by atoms with Crippen molar-refractivity contribution in [2.75, 3.05) is 0 Å². The second-order valence-electron chi connectivity index (χ2n) is 6.17. The van der Waals surface area contributed by atoms with Crippen LogP contribution < -0.4 is 0 Å². The highest BCUT2D eigenvalue weighted by molar-refractivity contribution is 5.94. The molecule has 0 radical (unpaired) electrons. The van der Waals surface area contributed by atoms with Crippen LogP contribution in [-0.2, 0) is 0 Å². The minimum Gasteiger partial charge on any atom is -0.306 e. The molecule has 27 heavy (non-hydrogen) atoms. The second kappa shape index (κ2) is 6.71. The molecule has 0 unspecified atom stereocenters. The van der Waals surface area contributed by atoms with Crippen molar-refractivity contribution in [3.8, 4) is 11.3 Å². The first-order chi connectivity index (χ1) is 13.1. The fourth-order valence-corrected chi connectivity index (χ4v) is 2.98. The zero-order chi connectivity index (χ0) is 19.0. The summed E-state index contributed by atoms with van der Waals surface area (Å²) in [5, 5.41) is 8.34. The number of pyridine rings is 1. The summed E-state index contributed by atoms with van der Waals surface area (Å²) in [6.45, 7) is 3.64. The van der Waals surface area contributed by atoms with E-state index in [1.165, 1.54) is 10.9 Å². The molecule has 1 aliphatic rings. The summed E-state index contributed by atoms with van der Waals surface area (Å²) in [4.78, 5) is 19.9. The number of aromatic nitrogens is 5. The van der Waals surface area contributed by atoms with Crippen LogP contribution in [0.25, 0.3) is 22.6 Å². The molecule has 0 bridgehead atoms. The smallest absolute Gasteiger partial charge is 0.234 e. The van der Waals surface area contributed by atoms with E-state index in [2.05, 4.69) is 20.3 Å². The normalized spacial score (nSPS) is 14.2. The second-order valence-corrected chi connectivity index (χ2v) is 6.17. The summed E-state index contributed by atoms with van der Waals surface area (Å²) < 4.78 is 17.5. The van der Waals surface area contributed by atoms with Crippen LogP contribution in [0.1, 0.15) is 35.9 Å². The van der Waals surface area contributed by atoms with Gasteiger partial charge in [0.15, 0.2) is 5.78 Å². The molecule has 0 amide bonds. The number of rotatable bonds is 4. The van der Waals surface area contributed by atoms with Crippen molar-refractivity contribution in [3.63, 3.8) is 0 Å². The highest BCUT2D eigenvalue weighted by atomic mass is 19.1. The summed E-state index contributed by atoms with van der Waals surface area (Å²) in [5.74, 6) is -0.584. The minimum absolute atomic E-state index is 0.00763. The van der Waals surface area contributed by atoms with Crippen molar-refractivity contribution in [1.29, 1.82) is 0 Å². The van der Waals surface area contributed by atoms with E-state index in [1.54, 1.807) is 23.6 Å². The summed E-state index contributed by atoms with van der Waals surface area (Å²) in [5.41, 5.74) is 3.59. The van der Waals surface area contributed by atoms with E-state index in [4.69, 9.17) is 0 Å². The molecule has 3 aromatic rings. The molecule has 1 aliphatic heterocycles. The van der Waals surface area contributed by atoms with E-state index in [9.17, 15) is 9.18 Å². The van der Waals surface area contributed by atoms with Crippen LogP contribution in [0.15, 0.2) is 47.6 Å². The molecule has 3 aromatic heterocycles. The third-order valence-electron chi connectivity index (χ3n) is 4.44. The van der Waals surface area contributed by atoms with Gasteiger partial charge in [0, 0.05) is 37.0 Å². The van der Waals surface area contributed by atoms with E-state index >= 15 is 0 Å². The van der Waals surface area contributed by atoms with Gasteiger partial charge in [-0.1, -0.05) is 18.2 Å². The lowest BCUT2D eigenvalue weighted by Gasteiger charge is -2.06. The first-order valence-corrected chi connectivity index (χ1v) is 8.61. The molecule has 7 nitrogen and oxygen atoms in total. The Balaban J connectivity index is 1.76. The Bertz CT molecular complexity index is 1130. The molecule has 4 rings (SSSR count). The number of fused-ring (bicyclic) bond motifs is 1. The van der Waals surface area contributed by atoms with Crippen molar-refractivity contribution in [2.24, 2.45) is 4.99 Å². The number of aliphatic imine (C=N–C) groups is 1. The van der Waals surface area contributed by atoms with E-state index in [0.717, 1.165) is 5.56 Å². The van der Waals surface area contributed by atoms with Gasteiger partial charge < -0.3 is 4.40 Å². The Morgan fingerprint density at radius 1 is 1.30 bits per heavy atom. The molecule has 4 heterocycles. The first-order valence-electron chi connectivity index (χ1n) is 8.61. The zero-order valence-electron chi connectivity index (χ0n) is 14.9. The number of allylic oxidation sites excluding steroid dienone is 3. The predicted octanol–water partition coefficient (Wildman–Crippen LogP) is 3.62. The maximum atomic E-state index is 14.2. The van der Waals surface area contributed by atoms with Gasteiger partial charge in [-0.2, -0.15) is 4.39 Å². The quantitative estimate of drug-likeness (QED) is 0.523. The highest BCUT2D eigenvalue weighted by Crippen LogP contribution is 2.26. The molecule has 0 aromatic carbocycles. The molecule has 8 heteroatoms. The van der Waals surface area contributed by atoms with Crippen molar-refractivity contribution >= 4 is 23.3 Å². The molecule has 0 fully saturated rings. The van der Waals surface area contributed by atoms with Crippen LogP contribution in [0.3, 0.4) is 0 Å². The molecule has 0 aliphatic carbocycles. The summed E-state index contributed by atoms with van der Waals surface area (Å²) in [7, 11) is 0. The Morgan fingerprint density at radius 3 is 2.96 bits per heavy atom. The molecule has 0 atom stereocenters. The van der Waals surface area contributed by atoms with Crippen molar-refractivity contribution in [2.45, 2.75) is 26.7 Å². The fourth-order valence-electron chi connectivity index (χ4n) is 2.98. The van der Waals surface area contributed by atoms with Crippen LogP contribution in [0.4, 0.5) is 4.39 Å². The first kappa shape index (κ1) is 17.0. The van der Waals surface area contributed by atoms with Crippen LogP contribution in [0.5, 0.6) is 0 Å². The van der Waals surface area contributed by atoms with Crippen molar-refractivity contribution < 1.29 is 9.18 Å². The highest BCUT2D eigenvalue weighted by Gasteiger charge is 2.18. The monoisotopic (exact) mass is 364 g/mol. The lowest BCUT2D eigenvalue weighted by atomic mass is 10.1. The Labute approximate surface area is 154 Å². The lowest BCUT2D eigenvalue weighted by Crippen LogP contribution is -2.03. The molecule has 0 N–H and O–H groups in total. The predicted molar refractivity (Wildman–Crippen MR) is 100 cm³/mol. The van der Waals surface area contributed by atoms with Gasteiger partial charge in [-0.3, -0.25) is 4.79 Å². The number of carbonyl (C=O) groups is 1. The molecule has 0 saturated heterocycles. The number of hydrogen-bond acceptors (Lipinski definition) is 5. The summed E-state index contributed by atoms with van der Waals surface area (Å²) in [6.07, 6.45) is 9.25. The number of nitrogens with zero attached hydrogens (tertiary/aromatic N) is 6. The summed E-state index contributed by atoms with van der Waals surface area (Å²) in [6, 6.07) is 3.68. The molecular formula is C19H17FN6O. The molecule has 0 saturated carbocycles. The Kier molecular flexibility index (Phi) is 4.23. The largest absolute Gasteiger partial charge is 0.306 e. The van der Waals surface area contributed by atoms with E-state index in [-0.39, 0.29) is 5.78 Å². The maximum absolute atomic E-state index is 14.2. The van der Waals surface area contributed by atoms with E-state index < -0.39 is 5.95 Å².